The molecule has 2 N–H and O–H groups in total. The number of nitrogens with one attached hydrogen (secondary N) is 1. The molecule has 1 aromatic rings. The standard InChI is InChI=1S/C20H31NO5/c1-6-14(2)18(16(22)12-17(23)26-20(3,4)5)21-19(24)25-13-15-10-8-7-9-11-15/h7-11,14,16,18,22H,6,12-13H2,1-5H3,(H,21,24)/t14-,16+,18+/m0/s1. The minimum absolute atomic E-state index is 0.0308. The Labute approximate surface area is 155 Å². The summed E-state index contributed by atoms with van der Waals surface area (Å²) < 4.78 is 10.5. The largest absolute Gasteiger partial charge is 0.460 e. The molecule has 0 heterocycles. The Hall–Kier alpha value is -2.08. The molecule has 0 saturated carbocycles. The topological polar surface area (TPSA) is 84.9 Å². The smallest absolute Gasteiger partial charge is 0.407 e. The molecule has 6 heteroatoms. The first-order valence-electron chi connectivity index (χ1n) is 8.99. The van der Waals surface area contributed by atoms with E-state index < -0.39 is 29.8 Å². The van der Waals surface area contributed by atoms with Crippen LogP contribution in [0.4, 0.5) is 4.79 Å². The van der Waals surface area contributed by atoms with E-state index in [1.807, 2.05) is 44.2 Å². The summed E-state index contributed by atoms with van der Waals surface area (Å²) in [4.78, 5) is 24.1. The zero-order valence-corrected chi connectivity index (χ0v) is 16.3. The van der Waals surface area contributed by atoms with Crippen molar-refractivity contribution in [3.63, 3.8) is 0 Å². The molecule has 0 aliphatic rings. The molecular formula is C20H31NO5. The van der Waals surface area contributed by atoms with Crippen molar-refractivity contribution in [2.45, 2.75) is 71.8 Å². The number of ether oxygens (including phenoxy) is 2. The van der Waals surface area contributed by atoms with Gasteiger partial charge in [-0.15, -0.1) is 0 Å². The number of hydrogen-bond donors (Lipinski definition) is 2. The highest BCUT2D eigenvalue weighted by molar-refractivity contribution is 5.71. The van der Waals surface area contributed by atoms with Crippen molar-refractivity contribution in [2.24, 2.45) is 5.92 Å². The van der Waals surface area contributed by atoms with E-state index in [1.54, 1.807) is 20.8 Å². The van der Waals surface area contributed by atoms with Crippen molar-refractivity contribution in [2.75, 3.05) is 0 Å². The number of esters is 1. The van der Waals surface area contributed by atoms with Crippen molar-refractivity contribution < 1.29 is 24.2 Å². The fourth-order valence-corrected chi connectivity index (χ4v) is 2.45. The molecule has 0 radical (unpaired) electrons. The molecule has 0 aliphatic heterocycles. The van der Waals surface area contributed by atoms with Crippen LogP contribution < -0.4 is 5.32 Å². The monoisotopic (exact) mass is 365 g/mol. The lowest BCUT2D eigenvalue weighted by Gasteiger charge is -2.29. The molecule has 0 saturated heterocycles. The van der Waals surface area contributed by atoms with Crippen LogP contribution in [0.15, 0.2) is 30.3 Å². The number of carbonyl (C=O) groups is 2. The van der Waals surface area contributed by atoms with Gasteiger partial charge in [-0.3, -0.25) is 4.79 Å². The van der Waals surface area contributed by atoms with E-state index in [-0.39, 0.29) is 18.9 Å². The van der Waals surface area contributed by atoms with Crippen LogP contribution in [0.2, 0.25) is 0 Å². The summed E-state index contributed by atoms with van der Waals surface area (Å²) in [5.74, 6) is -0.533. The molecule has 146 valence electrons. The Balaban J connectivity index is 2.62. The second-order valence-electron chi connectivity index (χ2n) is 7.48. The zero-order valence-electron chi connectivity index (χ0n) is 16.3. The summed E-state index contributed by atoms with van der Waals surface area (Å²) in [7, 11) is 0. The average Bonchev–Trinajstić information content (AvgIpc) is 2.56. The van der Waals surface area contributed by atoms with Gasteiger partial charge in [-0.1, -0.05) is 50.6 Å². The predicted octanol–water partition coefficient (Wildman–Crippen LogP) is 3.42. The maximum atomic E-state index is 12.1. The van der Waals surface area contributed by atoms with Crippen molar-refractivity contribution >= 4 is 12.1 Å². The summed E-state index contributed by atoms with van der Waals surface area (Å²) in [5, 5.41) is 13.1. The van der Waals surface area contributed by atoms with Crippen molar-refractivity contribution in [1.82, 2.24) is 5.32 Å². The third kappa shape index (κ3) is 8.34. The lowest BCUT2D eigenvalue weighted by molar-refractivity contribution is -0.157. The first-order chi connectivity index (χ1) is 12.1. The van der Waals surface area contributed by atoms with Gasteiger partial charge in [0.25, 0.3) is 0 Å². The van der Waals surface area contributed by atoms with Crippen LogP contribution >= 0.6 is 0 Å². The van der Waals surface area contributed by atoms with E-state index in [9.17, 15) is 14.7 Å². The van der Waals surface area contributed by atoms with Crippen LogP contribution in [-0.4, -0.2) is 34.9 Å². The number of aliphatic hydroxyl groups excluding tert-OH is 1. The summed E-state index contributed by atoms with van der Waals surface area (Å²) in [6.07, 6.45) is -1.13. The van der Waals surface area contributed by atoms with E-state index in [1.165, 1.54) is 0 Å². The van der Waals surface area contributed by atoms with Crippen LogP contribution in [0.1, 0.15) is 53.0 Å². The summed E-state index contributed by atoms with van der Waals surface area (Å²) in [6.45, 7) is 9.30. The molecule has 0 bridgehead atoms. The maximum absolute atomic E-state index is 12.1. The van der Waals surface area contributed by atoms with Crippen molar-refractivity contribution in [3.05, 3.63) is 35.9 Å². The van der Waals surface area contributed by atoms with Gasteiger partial charge in [0.15, 0.2) is 0 Å². The number of aliphatic hydroxyl groups is 1. The molecular weight excluding hydrogens is 334 g/mol. The summed E-state index contributed by atoms with van der Waals surface area (Å²) in [6, 6.07) is 8.73. The molecule has 0 spiro atoms. The lowest BCUT2D eigenvalue weighted by Crippen LogP contribution is -2.48. The minimum atomic E-state index is -1.05. The number of benzene rings is 1. The Kier molecular flexibility index (Phi) is 8.58. The molecule has 1 rings (SSSR count). The fourth-order valence-electron chi connectivity index (χ4n) is 2.45. The Morgan fingerprint density at radius 1 is 1.19 bits per heavy atom. The summed E-state index contributed by atoms with van der Waals surface area (Å²) in [5.41, 5.74) is 0.252. The van der Waals surface area contributed by atoms with E-state index in [0.717, 1.165) is 12.0 Å². The van der Waals surface area contributed by atoms with Crippen LogP contribution in [0.25, 0.3) is 0 Å². The molecule has 1 aromatic carbocycles. The number of hydrogen-bond acceptors (Lipinski definition) is 5. The number of alkyl carbamates (subject to hydrolysis) is 1. The highest BCUT2D eigenvalue weighted by Crippen LogP contribution is 2.17. The second kappa shape index (κ2) is 10.2. The Morgan fingerprint density at radius 2 is 1.81 bits per heavy atom. The highest BCUT2D eigenvalue weighted by atomic mass is 16.6. The number of rotatable bonds is 8. The zero-order chi connectivity index (χ0) is 19.7. The van der Waals surface area contributed by atoms with Gasteiger partial charge in [-0.2, -0.15) is 0 Å². The van der Waals surface area contributed by atoms with Gasteiger partial charge in [-0.05, 0) is 32.3 Å². The average molecular weight is 365 g/mol. The van der Waals surface area contributed by atoms with Gasteiger partial charge in [0.1, 0.15) is 12.2 Å². The quantitative estimate of drug-likeness (QED) is 0.690. The van der Waals surface area contributed by atoms with Crippen LogP contribution in [0.3, 0.4) is 0 Å². The van der Waals surface area contributed by atoms with Crippen LogP contribution in [0, 0.1) is 5.92 Å². The SMILES string of the molecule is CC[C@H](C)[C@@H](NC(=O)OCc1ccccc1)[C@H](O)CC(=O)OC(C)(C)C. The van der Waals surface area contributed by atoms with E-state index >= 15 is 0 Å². The van der Waals surface area contributed by atoms with Gasteiger partial charge in [-0.25, -0.2) is 4.79 Å². The van der Waals surface area contributed by atoms with Gasteiger partial charge < -0.3 is 19.9 Å². The third-order valence-corrected chi connectivity index (χ3v) is 3.96. The first-order valence-corrected chi connectivity index (χ1v) is 8.99. The second-order valence-corrected chi connectivity index (χ2v) is 7.48. The molecule has 0 fully saturated rings. The Morgan fingerprint density at radius 3 is 2.35 bits per heavy atom. The molecule has 3 atom stereocenters. The maximum Gasteiger partial charge on any atom is 0.407 e. The minimum Gasteiger partial charge on any atom is -0.460 e. The van der Waals surface area contributed by atoms with Gasteiger partial charge in [0.05, 0.1) is 18.6 Å². The van der Waals surface area contributed by atoms with Gasteiger partial charge in [0.2, 0.25) is 0 Å². The van der Waals surface area contributed by atoms with E-state index in [0.29, 0.717) is 0 Å². The lowest BCUT2D eigenvalue weighted by atomic mass is 9.93. The summed E-state index contributed by atoms with van der Waals surface area (Å²) >= 11 is 0. The molecule has 26 heavy (non-hydrogen) atoms. The molecule has 0 aromatic heterocycles. The van der Waals surface area contributed by atoms with Gasteiger partial charge in [0, 0.05) is 0 Å². The highest BCUT2D eigenvalue weighted by Gasteiger charge is 2.30. The first kappa shape index (κ1) is 22.0. The number of amides is 1. The molecule has 1 amide bonds. The predicted molar refractivity (Wildman–Crippen MR) is 99.5 cm³/mol. The van der Waals surface area contributed by atoms with E-state index in [2.05, 4.69) is 5.32 Å². The molecule has 0 unspecified atom stereocenters. The van der Waals surface area contributed by atoms with Crippen LogP contribution in [-0.2, 0) is 20.9 Å². The third-order valence-electron chi connectivity index (χ3n) is 3.96. The fraction of sp³-hybridized carbons (Fsp3) is 0.600. The van der Waals surface area contributed by atoms with Crippen LogP contribution in [0.5, 0.6) is 0 Å². The normalized spacial score (nSPS) is 14.8. The van der Waals surface area contributed by atoms with Crippen molar-refractivity contribution in [3.8, 4) is 0 Å². The van der Waals surface area contributed by atoms with Gasteiger partial charge >= 0.3 is 12.1 Å². The number of carbonyl (C=O) groups excluding carboxylic acids is 2. The Bertz CT molecular complexity index is 567. The molecule has 6 nitrogen and oxygen atoms in total. The molecule has 0 aliphatic carbocycles. The van der Waals surface area contributed by atoms with E-state index in [4.69, 9.17) is 9.47 Å². The van der Waals surface area contributed by atoms with Crippen molar-refractivity contribution in [1.29, 1.82) is 0 Å².